The summed E-state index contributed by atoms with van der Waals surface area (Å²) in [6.07, 6.45) is 4.44. The zero-order valence-corrected chi connectivity index (χ0v) is 14.3. The smallest absolute Gasteiger partial charge is 0.292 e. The number of non-ortho nitro benzene ring substituents is 1. The van der Waals surface area contributed by atoms with Gasteiger partial charge in [0.15, 0.2) is 0 Å². The number of ether oxygens (including phenoxy) is 1. The van der Waals surface area contributed by atoms with Crippen LogP contribution in [-0.2, 0) is 4.74 Å². The van der Waals surface area contributed by atoms with Crippen LogP contribution in [0.2, 0.25) is 5.02 Å². The number of rotatable bonds is 5. The molecule has 132 valence electrons. The lowest BCUT2D eigenvalue weighted by Crippen LogP contribution is -2.25. The molecule has 0 aliphatic heterocycles. The molecule has 8 nitrogen and oxygen atoms in total. The summed E-state index contributed by atoms with van der Waals surface area (Å²) in [7, 11) is 1.69. The minimum atomic E-state index is -0.505. The quantitative estimate of drug-likeness (QED) is 0.647. The van der Waals surface area contributed by atoms with Gasteiger partial charge >= 0.3 is 0 Å². The van der Waals surface area contributed by atoms with Crippen molar-refractivity contribution in [2.45, 2.75) is 31.4 Å². The summed E-state index contributed by atoms with van der Waals surface area (Å²) in [5.41, 5.74) is 0.341. The van der Waals surface area contributed by atoms with Gasteiger partial charge in [-0.2, -0.15) is 9.78 Å². The van der Waals surface area contributed by atoms with E-state index < -0.39 is 10.5 Å². The third-order valence-electron chi connectivity index (χ3n) is 4.30. The molecule has 2 aromatic rings. The molecule has 1 aromatic carbocycles. The van der Waals surface area contributed by atoms with Crippen molar-refractivity contribution >= 4 is 23.0 Å². The zero-order chi connectivity index (χ0) is 18.0. The summed E-state index contributed by atoms with van der Waals surface area (Å²) in [6.45, 7) is 0. The number of hydrogen-bond acceptors (Lipinski definition) is 6. The molecule has 0 amide bonds. The molecule has 0 radical (unpaired) electrons. The Morgan fingerprint density at radius 3 is 2.68 bits per heavy atom. The predicted molar refractivity (Wildman–Crippen MR) is 93.6 cm³/mol. The number of aromatic nitrogens is 2. The number of nitro benzene ring substituents is 1. The van der Waals surface area contributed by atoms with Gasteiger partial charge in [-0.1, -0.05) is 11.6 Å². The molecule has 1 aromatic heterocycles. The Labute approximate surface area is 148 Å². The van der Waals surface area contributed by atoms with Crippen LogP contribution in [0.3, 0.4) is 0 Å². The number of anilines is 1. The van der Waals surface area contributed by atoms with Crippen molar-refractivity contribution in [1.29, 1.82) is 0 Å². The van der Waals surface area contributed by atoms with Crippen LogP contribution in [0.1, 0.15) is 19.3 Å². The number of benzene rings is 1. The molecule has 3 rings (SSSR count). The van der Waals surface area contributed by atoms with E-state index >= 15 is 0 Å². The lowest BCUT2D eigenvalue weighted by atomic mass is 10.2. The van der Waals surface area contributed by atoms with Gasteiger partial charge in [0.05, 0.1) is 28.6 Å². The fourth-order valence-corrected chi connectivity index (χ4v) is 3.12. The maximum absolute atomic E-state index is 12.5. The number of halogens is 1. The Balaban J connectivity index is 1.83. The minimum absolute atomic E-state index is 0.0363. The number of nitro groups is 1. The van der Waals surface area contributed by atoms with E-state index in [-0.39, 0.29) is 22.9 Å². The molecule has 0 spiro atoms. The molecule has 1 heterocycles. The van der Waals surface area contributed by atoms with Crippen LogP contribution in [0, 0.1) is 10.1 Å². The van der Waals surface area contributed by atoms with Crippen molar-refractivity contribution in [3.8, 4) is 5.69 Å². The Bertz CT molecular complexity index is 837. The van der Waals surface area contributed by atoms with Gasteiger partial charge in [0.1, 0.15) is 5.02 Å². The van der Waals surface area contributed by atoms with Gasteiger partial charge in [-0.05, 0) is 31.4 Å². The average Bonchev–Trinajstić information content (AvgIpc) is 3.07. The van der Waals surface area contributed by atoms with E-state index in [1.165, 1.54) is 30.5 Å². The molecule has 2 unspecified atom stereocenters. The van der Waals surface area contributed by atoms with Crippen LogP contribution in [0.15, 0.2) is 35.3 Å². The summed E-state index contributed by atoms with van der Waals surface area (Å²) in [6, 6.07) is 5.71. The van der Waals surface area contributed by atoms with Gasteiger partial charge in [-0.25, -0.2) is 0 Å². The van der Waals surface area contributed by atoms with Gasteiger partial charge < -0.3 is 10.1 Å². The molecule has 1 aliphatic carbocycles. The van der Waals surface area contributed by atoms with Crippen molar-refractivity contribution in [3.63, 3.8) is 0 Å². The molecular formula is C16H17ClN4O4. The first kappa shape index (κ1) is 17.4. The second-order valence-electron chi connectivity index (χ2n) is 5.87. The van der Waals surface area contributed by atoms with Crippen LogP contribution in [0.4, 0.5) is 11.4 Å². The SMILES string of the molecule is COC1CCC(Nc2cnn(-c3ccc([N+](=O)[O-])cc3)c(=O)c2Cl)C1. The number of methoxy groups -OCH3 is 1. The third-order valence-corrected chi connectivity index (χ3v) is 4.67. The third kappa shape index (κ3) is 3.64. The Kier molecular flexibility index (Phi) is 5.00. The summed E-state index contributed by atoms with van der Waals surface area (Å²) >= 11 is 6.20. The van der Waals surface area contributed by atoms with Crippen molar-refractivity contribution in [2.75, 3.05) is 12.4 Å². The first-order valence-corrected chi connectivity index (χ1v) is 8.19. The zero-order valence-electron chi connectivity index (χ0n) is 13.5. The first-order valence-electron chi connectivity index (χ1n) is 7.81. The molecular weight excluding hydrogens is 348 g/mol. The monoisotopic (exact) mass is 364 g/mol. The highest BCUT2D eigenvalue weighted by Crippen LogP contribution is 2.27. The van der Waals surface area contributed by atoms with Crippen LogP contribution in [0.25, 0.3) is 5.69 Å². The topological polar surface area (TPSA) is 99.3 Å². The van der Waals surface area contributed by atoms with E-state index in [0.29, 0.717) is 11.4 Å². The Morgan fingerprint density at radius 1 is 1.36 bits per heavy atom. The lowest BCUT2D eigenvalue weighted by Gasteiger charge is -2.15. The highest BCUT2D eigenvalue weighted by Gasteiger charge is 2.25. The van der Waals surface area contributed by atoms with E-state index in [0.717, 1.165) is 23.9 Å². The summed E-state index contributed by atoms with van der Waals surface area (Å²) in [4.78, 5) is 22.7. The maximum atomic E-state index is 12.5. The number of hydrogen-bond donors (Lipinski definition) is 1. The first-order chi connectivity index (χ1) is 12.0. The molecule has 9 heteroatoms. The van der Waals surface area contributed by atoms with Crippen LogP contribution in [-0.4, -0.2) is 34.0 Å². The summed E-state index contributed by atoms with van der Waals surface area (Å²) < 4.78 is 6.45. The van der Waals surface area contributed by atoms with E-state index in [4.69, 9.17) is 16.3 Å². The molecule has 1 N–H and O–H groups in total. The van der Waals surface area contributed by atoms with Gasteiger partial charge in [0.25, 0.3) is 11.2 Å². The summed E-state index contributed by atoms with van der Waals surface area (Å²) in [5, 5.41) is 18.1. The minimum Gasteiger partial charge on any atom is -0.381 e. The lowest BCUT2D eigenvalue weighted by molar-refractivity contribution is -0.384. The molecule has 25 heavy (non-hydrogen) atoms. The van der Waals surface area contributed by atoms with E-state index in [2.05, 4.69) is 10.4 Å². The van der Waals surface area contributed by atoms with Crippen molar-refractivity contribution in [1.82, 2.24) is 9.78 Å². The number of nitrogens with zero attached hydrogens (tertiary/aromatic N) is 3. The molecule has 0 saturated heterocycles. The average molecular weight is 365 g/mol. The molecule has 1 saturated carbocycles. The van der Waals surface area contributed by atoms with E-state index in [1.54, 1.807) is 7.11 Å². The maximum Gasteiger partial charge on any atom is 0.292 e. The number of nitrogens with one attached hydrogen (secondary N) is 1. The predicted octanol–water partition coefficient (Wildman–Crippen LogP) is 2.77. The molecule has 2 atom stereocenters. The fraction of sp³-hybridized carbons (Fsp3) is 0.375. The van der Waals surface area contributed by atoms with Gasteiger partial charge in [0.2, 0.25) is 0 Å². The van der Waals surface area contributed by atoms with Gasteiger partial charge in [-0.15, -0.1) is 0 Å². The summed E-state index contributed by atoms with van der Waals surface area (Å²) in [5.74, 6) is 0. The Morgan fingerprint density at radius 2 is 2.08 bits per heavy atom. The largest absolute Gasteiger partial charge is 0.381 e. The van der Waals surface area contributed by atoms with Crippen molar-refractivity contribution in [3.05, 3.63) is 56.0 Å². The van der Waals surface area contributed by atoms with Crippen LogP contribution in [0.5, 0.6) is 0 Å². The molecule has 1 fully saturated rings. The normalized spacial score (nSPS) is 19.8. The van der Waals surface area contributed by atoms with Gasteiger partial charge in [0, 0.05) is 25.3 Å². The van der Waals surface area contributed by atoms with E-state index in [9.17, 15) is 14.9 Å². The highest BCUT2D eigenvalue weighted by atomic mass is 35.5. The van der Waals surface area contributed by atoms with E-state index in [1.807, 2.05) is 0 Å². The van der Waals surface area contributed by atoms with Gasteiger partial charge in [-0.3, -0.25) is 14.9 Å². The molecule has 0 bridgehead atoms. The fourth-order valence-electron chi connectivity index (χ4n) is 2.94. The van der Waals surface area contributed by atoms with Crippen LogP contribution >= 0.6 is 11.6 Å². The second-order valence-corrected chi connectivity index (χ2v) is 6.25. The second kappa shape index (κ2) is 7.20. The van der Waals surface area contributed by atoms with Crippen molar-refractivity contribution in [2.24, 2.45) is 0 Å². The molecule has 1 aliphatic rings. The standard InChI is InChI=1S/C16H17ClN4O4/c1-25-13-7-2-10(8-13)19-14-9-18-20(16(22)15(14)17)11-3-5-12(6-4-11)21(23)24/h3-6,9-10,13,19H,2,7-8H2,1H3. The van der Waals surface area contributed by atoms with Crippen molar-refractivity contribution < 1.29 is 9.66 Å². The van der Waals surface area contributed by atoms with Crippen LogP contribution < -0.4 is 10.9 Å². The Hall–Kier alpha value is -2.45. The highest BCUT2D eigenvalue weighted by molar-refractivity contribution is 6.32.